The minimum absolute atomic E-state index is 0.0568. The number of hydrogen-bond donors (Lipinski definition) is 7. The summed E-state index contributed by atoms with van der Waals surface area (Å²) in [4.78, 5) is 71.2. The van der Waals surface area contributed by atoms with Crippen LogP contribution in [0.5, 0.6) is 0 Å². The van der Waals surface area contributed by atoms with E-state index < -0.39 is 85.7 Å². The van der Waals surface area contributed by atoms with E-state index in [2.05, 4.69) is 10.6 Å². The van der Waals surface area contributed by atoms with Crippen molar-refractivity contribution in [3.8, 4) is 0 Å². The number of rotatable bonds is 17. The van der Waals surface area contributed by atoms with Crippen molar-refractivity contribution >= 4 is 35.9 Å². The van der Waals surface area contributed by atoms with Gasteiger partial charge in [0.2, 0.25) is 23.6 Å². The molecule has 4 amide bonds. The van der Waals surface area contributed by atoms with Crippen LogP contribution in [-0.2, 0) is 33.5 Å². The Hall–Kier alpha value is -3.14. The molecule has 0 aromatic heterocycles. The summed E-state index contributed by atoms with van der Waals surface area (Å²) in [7, 11) is 1.23. The first-order valence-electron chi connectivity index (χ1n) is 10.7. The zero-order valence-corrected chi connectivity index (χ0v) is 19.7. The third-order valence-corrected chi connectivity index (χ3v) is 5.11. The summed E-state index contributed by atoms with van der Waals surface area (Å²) < 4.78 is 5.29. The number of carbonyl (C=O) groups is 6. The molecule has 0 spiro atoms. The number of primary amides is 1. The lowest BCUT2D eigenvalue weighted by Crippen LogP contribution is -2.56. The van der Waals surface area contributed by atoms with Crippen molar-refractivity contribution in [2.45, 2.75) is 69.5 Å². The van der Waals surface area contributed by atoms with E-state index in [9.17, 15) is 39.0 Å². The highest BCUT2D eigenvalue weighted by atomic mass is 16.5. The largest absolute Gasteiger partial charge is 0.481 e. The third kappa shape index (κ3) is 10.8. The molecule has 0 aromatic carbocycles. The van der Waals surface area contributed by atoms with Crippen molar-refractivity contribution in [1.82, 2.24) is 15.5 Å². The van der Waals surface area contributed by atoms with Gasteiger partial charge in [0, 0.05) is 20.4 Å². The van der Waals surface area contributed by atoms with Crippen LogP contribution in [0.4, 0.5) is 0 Å². The Bertz CT molecular complexity index is 763. The quantitative estimate of drug-likeness (QED) is 0.0933. The minimum Gasteiger partial charge on any atom is -0.481 e. The summed E-state index contributed by atoms with van der Waals surface area (Å²) >= 11 is 0. The second-order valence-corrected chi connectivity index (χ2v) is 7.70. The van der Waals surface area contributed by atoms with Gasteiger partial charge >= 0.3 is 5.97 Å². The smallest absolute Gasteiger partial charge is 0.303 e. The number of carboxylic acids is 1. The lowest BCUT2D eigenvalue weighted by molar-refractivity contribution is -0.156. The number of carboxylic acid groups (broad SMARTS) is 1. The maximum Gasteiger partial charge on any atom is 0.303 e. The molecule has 0 saturated heterocycles. The number of aliphatic hydroxyl groups is 3. The molecule has 15 heteroatoms. The molecule has 0 aliphatic rings. The molecule has 2 unspecified atom stereocenters. The molecule has 0 rings (SSSR count). The van der Waals surface area contributed by atoms with Gasteiger partial charge in [-0.25, -0.2) is 0 Å². The monoisotopic (exact) mass is 506 g/mol. The first kappa shape index (κ1) is 31.9. The molecule has 35 heavy (non-hydrogen) atoms. The summed E-state index contributed by atoms with van der Waals surface area (Å²) in [6.07, 6.45) is -5.59. The van der Waals surface area contributed by atoms with Crippen LogP contribution in [0.25, 0.3) is 0 Å². The van der Waals surface area contributed by atoms with Crippen LogP contribution in [-0.4, -0.2) is 118 Å². The molecule has 6 atom stereocenters. The van der Waals surface area contributed by atoms with E-state index in [1.165, 1.54) is 14.0 Å². The van der Waals surface area contributed by atoms with Gasteiger partial charge in [0.15, 0.2) is 0 Å². The van der Waals surface area contributed by atoms with Crippen LogP contribution in [0, 0.1) is 0 Å². The van der Waals surface area contributed by atoms with Crippen molar-refractivity contribution in [3.05, 3.63) is 0 Å². The van der Waals surface area contributed by atoms with Crippen LogP contribution >= 0.6 is 0 Å². The van der Waals surface area contributed by atoms with Crippen molar-refractivity contribution < 1.29 is 53.9 Å². The molecule has 15 nitrogen and oxygen atoms in total. The molecule has 0 aromatic rings. The Kier molecular flexibility index (Phi) is 14.3. The van der Waals surface area contributed by atoms with E-state index >= 15 is 0 Å². The zero-order chi connectivity index (χ0) is 27.3. The lowest BCUT2D eigenvalue weighted by Gasteiger charge is -2.34. The van der Waals surface area contributed by atoms with Crippen molar-refractivity contribution in [2.75, 3.05) is 20.3 Å². The highest BCUT2D eigenvalue weighted by Crippen LogP contribution is 2.13. The number of nitrogens with one attached hydrogen (secondary N) is 2. The second-order valence-electron chi connectivity index (χ2n) is 7.70. The van der Waals surface area contributed by atoms with E-state index in [1.54, 1.807) is 0 Å². The fourth-order valence-corrected chi connectivity index (χ4v) is 2.91. The lowest BCUT2D eigenvalue weighted by atomic mass is 10.0. The molecule has 0 aliphatic carbocycles. The van der Waals surface area contributed by atoms with E-state index in [4.69, 9.17) is 20.7 Å². The molecule has 0 radical (unpaired) electrons. The molecule has 0 heterocycles. The molecule has 0 fully saturated rings. The van der Waals surface area contributed by atoms with Crippen LogP contribution in [0.2, 0.25) is 0 Å². The van der Waals surface area contributed by atoms with Gasteiger partial charge in [0.1, 0.15) is 49.3 Å². The van der Waals surface area contributed by atoms with E-state index in [-0.39, 0.29) is 19.1 Å². The fraction of sp³-hybridized carbons (Fsp3) is 0.700. The molecule has 0 bridgehead atoms. The Morgan fingerprint density at radius 3 is 2.14 bits per heavy atom. The SMILES string of the molecule is CCC(NC(=O)CO[C@@H]([C@H](O)[C@H](O)CO)[C@H](C=O)N(C)C(C)=O)C(=O)NC(CCC(=O)O)C(N)=O. The Morgan fingerprint density at radius 2 is 1.71 bits per heavy atom. The van der Waals surface area contributed by atoms with E-state index in [0.717, 1.165) is 11.8 Å². The minimum atomic E-state index is -1.86. The third-order valence-electron chi connectivity index (χ3n) is 5.11. The number of hydrogen-bond acceptors (Lipinski definition) is 10. The van der Waals surface area contributed by atoms with E-state index in [1.807, 2.05) is 0 Å². The number of nitrogens with two attached hydrogens (primary N) is 1. The first-order chi connectivity index (χ1) is 16.3. The number of likely N-dealkylation sites (N-methyl/N-ethyl adjacent to an activating group) is 1. The summed E-state index contributed by atoms with van der Waals surface area (Å²) in [5.41, 5.74) is 5.17. The molecular weight excluding hydrogens is 472 g/mol. The molecule has 200 valence electrons. The number of carbonyl (C=O) groups excluding carboxylic acids is 5. The standard InChI is InChI=1S/C20H34N4O11/c1-4-11(20(34)23-12(19(21)33)5-6-16(30)31)22-15(29)9-35-18(17(32)14(28)8-26)13(7-25)24(3)10(2)27/h7,11-14,17-18,26,28,32H,4-6,8-9H2,1-3H3,(H2,21,33)(H,22,29)(H,23,34)(H,30,31)/t11?,12?,13-,14+,17+,18+/m0/s1. The molecule has 8 N–H and O–H groups in total. The normalized spacial score (nSPS) is 16.1. The Balaban J connectivity index is 5.34. The van der Waals surface area contributed by atoms with Gasteiger partial charge in [-0.2, -0.15) is 0 Å². The number of aliphatic hydroxyl groups excluding tert-OH is 3. The predicted molar refractivity (Wildman–Crippen MR) is 117 cm³/mol. The second kappa shape index (κ2) is 15.7. The fourth-order valence-electron chi connectivity index (χ4n) is 2.91. The van der Waals surface area contributed by atoms with Gasteiger partial charge in [-0.3, -0.25) is 24.0 Å². The predicted octanol–water partition coefficient (Wildman–Crippen LogP) is -4.14. The molecule has 0 aliphatic heterocycles. The highest BCUT2D eigenvalue weighted by Gasteiger charge is 2.37. The van der Waals surface area contributed by atoms with Crippen molar-refractivity contribution in [3.63, 3.8) is 0 Å². The number of aliphatic carboxylic acids is 1. The number of amides is 4. The number of nitrogens with zero attached hydrogens (tertiary/aromatic N) is 1. The maximum absolute atomic E-state index is 12.4. The maximum atomic E-state index is 12.4. The Morgan fingerprint density at radius 1 is 1.11 bits per heavy atom. The summed E-state index contributed by atoms with van der Waals surface area (Å²) in [5.74, 6) is -4.45. The van der Waals surface area contributed by atoms with Gasteiger partial charge in [0.25, 0.3) is 0 Å². The average Bonchev–Trinajstić information content (AvgIpc) is 2.80. The first-order valence-corrected chi connectivity index (χ1v) is 10.7. The van der Waals surface area contributed by atoms with Crippen molar-refractivity contribution in [2.24, 2.45) is 5.73 Å². The number of ether oxygens (including phenoxy) is 1. The summed E-state index contributed by atoms with van der Waals surface area (Å²) in [5, 5.41) is 42.5. The van der Waals surface area contributed by atoms with Crippen LogP contribution < -0.4 is 16.4 Å². The summed E-state index contributed by atoms with van der Waals surface area (Å²) in [6.45, 7) is 0.952. The highest BCUT2D eigenvalue weighted by molar-refractivity contribution is 5.92. The van der Waals surface area contributed by atoms with Gasteiger partial charge in [-0.1, -0.05) is 6.92 Å². The van der Waals surface area contributed by atoms with Gasteiger partial charge < -0.3 is 51.2 Å². The van der Waals surface area contributed by atoms with E-state index in [0.29, 0.717) is 0 Å². The van der Waals surface area contributed by atoms with Gasteiger partial charge in [-0.15, -0.1) is 0 Å². The van der Waals surface area contributed by atoms with Gasteiger partial charge in [0.05, 0.1) is 6.61 Å². The van der Waals surface area contributed by atoms with Crippen LogP contribution in [0.1, 0.15) is 33.1 Å². The average molecular weight is 507 g/mol. The number of aldehydes is 1. The molecular formula is C20H34N4O11. The summed E-state index contributed by atoms with van der Waals surface area (Å²) in [6, 6.07) is -3.88. The topological polar surface area (TPSA) is 246 Å². The van der Waals surface area contributed by atoms with Crippen LogP contribution in [0.15, 0.2) is 0 Å². The zero-order valence-electron chi connectivity index (χ0n) is 19.7. The Labute approximate surface area is 201 Å². The van der Waals surface area contributed by atoms with Crippen molar-refractivity contribution in [1.29, 1.82) is 0 Å². The van der Waals surface area contributed by atoms with Crippen LogP contribution in [0.3, 0.4) is 0 Å². The molecule has 0 saturated carbocycles. The van der Waals surface area contributed by atoms with Gasteiger partial charge in [-0.05, 0) is 12.8 Å².